The molecule has 1 aliphatic heterocycles. The molecule has 0 spiro atoms. The Balaban J connectivity index is 2.04. The zero-order valence-corrected chi connectivity index (χ0v) is 8.43. The maximum Gasteiger partial charge on any atom is 0.220 e. The Kier molecular flexibility index (Phi) is 2.21. The van der Waals surface area contributed by atoms with Crippen LogP contribution in [0.1, 0.15) is 32.6 Å². The second-order valence-corrected chi connectivity index (χ2v) is 4.41. The SMILES string of the molecule is CC(=O)NCC12CCCC1CC(=O)N2. The van der Waals surface area contributed by atoms with Gasteiger partial charge in [-0.3, -0.25) is 9.59 Å². The Morgan fingerprint density at radius 3 is 3.21 bits per heavy atom. The van der Waals surface area contributed by atoms with E-state index in [9.17, 15) is 9.59 Å². The first-order valence-corrected chi connectivity index (χ1v) is 5.18. The van der Waals surface area contributed by atoms with Crippen molar-refractivity contribution in [3.05, 3.63) is 0 Å². The van der Waals surface area contributed by atoms with Crippen LogP contribution in [0.2, 0.25) is 0 Å². The van der Waals surface area contributed by atoms with Gasteiger partial charge >= 0.3 is 0 Å². The fraction of sp³-hybridized carbons (Fsp3) is 0.800. The van der Waals surface area contributed by atoms with Crippen molar-refractivity contribution in [3.8, 4) is 0 Å². The Labute approximate surface area is 83.4 Å². The van der Waals surface area contributed by atoms with Crippen molar-refractivity contribution in [2.45, 2.75) is 38.1 Å². The van der Waals surface area contributed by atoms with Crippen LogP contribution in [0.25, 0.3) is 0 Å². The smallest absolute Gasteiger partial charge is 0.220 e. The molecule has 4 heteroatoms. The van der Waals surface area contributed by atoms with Crippen molar-refractivity contribution in [2.75, 3.05) is 6.54 Å². The Morgan fingerprint density at radius 1 is 1.71 bits per heavy atom. The summed E-state index contributed by atoms with van der Waals surface area (Å²) in [5, 5.41) is 5.85. The molecule has 1 saturated heterocycles. The predicted octanol–water partition coefficient (Wildman–Crippen LogP) is 0.181. The van der Waals surface area contributed by atoms with E-state index in [1.165, 1.54) is 6.92 Å². The van der Waals surface area contributed by atoms with Gasteiger partial charge in [0.05, 0.1) is 5.54 Å². The highest BCUT2D eigenvalue weighted by Gasteiger charge is 2.49. The maximum absolute atomic E-state index is 11.3. The fourth-order valence-corrected chi connectivity index (χ4v) is 2.72. The van der Waals surface area contributed by atoms with Crippen LogP contribution in [0.5, 0.6) is 0 Å². The molecule has 2 N–H and O–H groups in total. The number of nitrogens with one attached hydrogen (secondary N) is 2. The molecular weight excluding hydrogens is 180 g/mol. The summed E-state index contributed by atoms with van der Waals surface area (Å²) >= 11 is 0. The molecule has 1 aliphatic carbocycles. The van der Waals surface area contributed by atoms with Crippen molar-refractivity contribution in [3.63, 3.8) is 0 Å². The lowest BCUT2D eigenvalue weighted by Gasteiger charge is -2.29. The molecule has 2 fully saturated rings. The van der Waals surface area contributed by atoms with E-state index in [0.29, 0.717) is 18.9 Å². The third-order valence-corrected chi connectivity index (χ3v) is 3.43. The quantitative estimate of drug-likeness (QED) is 0.662. The summed E-state index contributed by atoms with van der Waals surface area (Å²) in [5.41, 5.74) is -0.122. The van der Waals surface area contributed by atoms with Crippen molar-refractivity contribution in [1.82, 2.24) is 10.6 Å². The molecule has 0 aromatic rings. The predicted molar refractivity (Wildman–Crippen MR) is 51.5 cm³/mol. The van der Waals surface area contributed by atoms with Gasteiger partial charge in [0.1, 0.15) is 0 Å². The lowest BCUT2D eigenvalue weighted by Crippen LogP contribution is -2.51. The Bertz CT molecular complexity index is 277. The molecular formula is C10H16N2O2. The van der Waals surface area contributed by atoms with Gasteiger partial charge in [0, 0.05) is 19.9 Å². The van der Waals surface area contributed by atoms with Crippen LogP contribution in [-0.2, 0) is 9.59 Å². The van der Waals surface area contributed by atoms with Gasteiger partial charge < -0.3 is 10.6 Å². The minimum atomic E-state index is -0.122. The van der Waals surface area contributed by atoms with Crippen LogP contribution in [0.3, 0.4) is 0 Å². The van der Waals surface area contributed by atoms with Gasteiger partial charge in [-0.2, -0.15) is 0 Å². The number of carbonyl (C=O) groups is 2. The summed E-state index contributed by atoms with van der Waals surface area (Å²) in [4.78, 5) is 22.1. The highest BCUT2D eigenvalue weighted by Crippen LogP contribution is 2.41. The summed E-state index contributed by atoms with van der Waals surface area (Å²) < 4.78 is 0. The van der Waals surface area contributed by atoms with Gasteiger partial charge in [0.2, 0.25) is 11.8 Å². The zero-order chi connectivity index (χ0) is 10.2. The number of fused-ring (bicyclic) bond motifs is 1. The van der Waals surface area contributed by atoms with E-state index >= 15 is 0 Å². The van der Waals surface area contributed by atoms with Crippen LogP contribution in [0.15, 0.2) is 0 Å². The van der Waals surface area contributed by atoms with E-state index in [1.54, 1.807) is 0 Å². The van der Waals surface area contributed by atoms with Crippen LogP contribution < -0.4 is 10.6 Å². The highest BCUT2D eigenvalue weighted by atomic mass is 16.2. The van der Waals surface area contributed by atoms with Gasteiger partial charge in [-0.1, -0.05) is 6.42 Å². The molecule has 0 radical (unpaired) electrons. The minimum Gasteiger partial charge on any atom is -0.354 e. The molecule has 2 aliphatic rings. The lowest BCUT2D eigenvalue weighted by molar-refractivity contribution is -0.121. The average molecular weight is 196 g/mol. The molecule has 2 atom stereocenters. The van der Waals surface area contributed by atoms with E-state index < -0.39 is 0 Å². The first kappa shape index (κ1) is 9.49. The number of rotatable bonds is 2. The molecule has 4 nitrogen and oxygen atoms in total. The van der Waals surface area contributed by atoms with Gasteiger partial charge in [0.15, 0.2) is 0 Å². The van der Waals surface area contributed by atoms with E-state index in [4.69, 9.17) is 0 Å². The largest absolute Gasteiger partial charge is 0.354 e. The molecule has 2 amide bonds. The van der Waals surface area contributed by atoms with Gasteiger partial charge in [-0.25, -0.2) is 0 Å². The maximum atomic E-state index is 11.3. The standard InChI is InChI=1S/C10H16N2O2/c1-7(13)11-6-10-4-2-3-8(10)5-9(14)12-10/h8H,2-6H2,1H3,(H,11,13)(H,12,14). The Morgan fingerprint density at radius 2 is 2.50 bits per heavy atom. The van der Waals surface area contributed by atoms with Gasteiger partial charge in [-0.15, -0.1) is 0 Å². The number of hydrogen-bond acceptors (Lipinski definition) is 2. The molecule has 2 rings (SSSR count). The third-order valence-electron chi connectivity index (χ3n) is 3.43. The molecule has 0 aromatic heterocycles. The second kappa shape index (κ2) is 3.26. The molecule has 1 heterocycles. The second-order valence-electron chi connectivity index (χ2n) is 4.41. The molecule has 0 bridgehead atoms. The van der Waals surface area contributed by atoms with Crippen LogP contribution in [0.4, 0.5) is 0 Å². The zero-order valence-electron chi connectivity index (χ0n) is 8.43. The fourth-order valence-electron chi connectivity index (χ4n) is 2.72. The average Bonchev–Trinajstić information content (AvgIpc) is 2.56. The van der Waals surface area contributed by atoms with Crippen molar-refractivity contribution >= 4 is 11.8 Å². The number of hydrogen-bond donors (Lipinski definition) is 2. The van der Waals surface area contributed by atoms with E-state index in [-0.39, 0.29) is 17.4 Å². The summed E-state index contributed by atoms with van der Waals surface area (Å²) in [7, 11) is 0. The van der Waals surface area contributed by atoms with Crippen LogP contribution in [-0.4, -0.2) is 23.9 Å². The van der Waals surface area contributed by atoms with Gasteiger partial charge in [-0.05, 0) is 18.8 Å². The lowest BCUT2D eigenvalue weighted by atomic mass is 9.89. The van der Waals surface area contributed by atoms with E-state index in [1.807, 2.05) is 0 Å². The summed E-state index contributed by atoms with van der Waals surface area (Å²) in [6, 6.07) is 0. The first-order valence-electron chi connectivity index (χ1n) is 5.18. The normalized spacial score (nSPS) is 35.2. The first-order chi connectivity index (χ1) is 6.62. The summed E-state index contributed by atoms with van der Waals surface area (Å²) in [6.45, 7) is 2.11. The number of amides is 2. The Hall–Kier alpha value is -1.06. The van der Waals surface area contributed by atoms with Crippen molar-refractivity contribution in [1.29, 1.82) is 0 Å². The molecule has 0 aromatic carbocycles. The monoisotopic (exact) mass is 196 g/mol. The van der Waals surface area contributed by atoms with Crippen LogP contribution >= 0.6 is 0 Å². The van der Waals surface area contributed by atoms with E-state index in [0.717, 1.165) is 19.3 Å². The third kappa shape index (κ3) is 1.49. The molecule has 78 valence electrons. The summed E-state index contributed by atoms with van der Waals surface area (Å²) in [5.74, 6) is 0.549. The topological polar surface area (TPSA) is 58.2 Å². The summed E-state index contributed by atoms with van der Waals surface area (Å²) in [6.07, 6.45) is 3.91. The minimum absolute atomic E-state index is 0.0221. The molecule has 14 heavy (non-hydrogen) atoms. The number of carbonyl (C=O) groups excluding carboxylic acids is 2. The van der Waals surface area contributed by atoms with Crippen molar-refractivity contribution < 1.29 is 9.59 Å². The highest BCUT2D eigenvalue weighted by molar-refractivity contribution is 5.80. The van der Waals surface area contributed by atoms with Crippen LogP contribution in [0, 0.1) is 5.92 Å². The van der Waals surface area contributed by atoms with Gasteiger partial charge in [0.25, 0.3) is 0 Å². The molecule has 2 unspecified atom stereocenters. The van der Waals surface area contributed by atoms with Crippen molar-refractivity contribution in [2.24, 2.45) is 5.92 Å². The van der Waals surface area contributed by atoms with E-state index in [2.05, 4.69) is 10.6 Å². The molecule has 1 saturated carbocycles.